The van der Waals surface area contributed by atoms with Crippen molar-refractivity contribution in [2.24, 2.45) is 0 Å². The zero-order valence-corrected chi connectivity index (χ0v) is 17.7. The molecule has 8 nitrogen and oxygen atoms in total. The Morgan fingerprint density at radius 2 is 2.09 bits per heavy atom. The molecule has 5 rings (SSSR count). The van der Waals surface area contributed by atoms with Crippen LogP contribution in [-0.2, 0) is 11.3 Å². The van der Waals surface area contributed by atoms with Crippen molar-refractivity contribution in [3.63, 3.8) is 0 Å². The van der Waals surface area contributed by atoms with Gasteiger partial charge in [-0.3, -0.25) is 4.79 Å². The zero-order valence-electron chi connectivity index (χ0n) is 17.7. The molecular formula is C24H23N3O5. The van der Waals surface area contributed by atoms with Gasteiger partial charge in [0.2, 0.25) is 12.7 Å². The Hall–Kier alpha value is -3.94. The van der Waals surface area contributed by atoms with Gasteiger partial charge in [-0.1, -0.05) is 24.8 Å². The topological polar surface area (TPSA) is 83.8 Å². The maximum atomic E-state index is 12.6. The lowest BCUT2D eigenvalue weighted by Crippen LogP contribution is -2.25. The van der Waals surface area contributed by atoms with Crippen molar-refractivity contribution in [1.82, 2.24) is 9.78 Å². The first kappa shape index (κ1) is 20.0. The van der Waals surface area contributed by atoms with Gasteiger partial charge in [0.15, 0.2) is 23.0 Å². The van der Waals surface area contributed by atoms with Crippen molar-refractivity contribution in [2.45, 2.75) is 18.9 Å². The lowest BCUT2D eigenvalue weighted by molar-refractivity contribution is -0.116. The second-order valence-electron chi connectivity index (χ2n) is 7.61. The molecule has 0 saturated carbocycles. The summed E-state index contributed by atoms with van der Waals surface area (Å²) in [7, 11) is 1.60. The van der Waals surface area contributed by atoms with E-state index in [-0.39, 0.29) is 18.6 Å². The van der Waals surface area contributed by atoms with Gasteiger partial charge in [-0.2, -0.15) is 5.10 Å². The van der Waals surface area contributed by atoms with Crippen LogP contribution in [0.2, 0.25) is 0 Å². The molecule has 8 heteroatoms. The van der Waals surface area contributed by atoms with E-state index in [9.17, 15) is 4.79 Å². The Kier molecular flexibility index (Phi) is 5.18. The Morgan fingerprint density at radius 1 is 1.22 bits per heavy atom. The first-order valence-corrected chi connectivity index (χ1v) is 10.3. The summed E-state index contributed by atoms with van der Waals surface area (Å²) in [5.41, 5.74) is 2.93. The molecule has 1 aromatic heterocycles. The third-order valence-electron chi connectivity index (χ3n) is 5.61. The molecule has 0 radical (unpaired) electrons. The number of rotatable bonds is 7. The van der Waals surface area contributed by atoms with E-state index in [0.717, 1.165) is 28.2 Å². The van der Waals surface area contributed by atoms with Crippen molar-refractivity contribution in [3.05, 3.63) is 71.9 Å². The van der Waals surface area contributed by atoms with Crippen LogP contribution in [0.5, 0.6) is 23.0 Å². The molecule has 164 valence electrons. The Balaban J connectivity index is 1.45. The summed E-state index contributed by atoms with van der Waals surface area (Å²) in [6.45, 7) is 4.79. The van der Waals surface area contributed by atoms with E-state index in [1.807, 2.05) is 42.6 Å². The number of ether oxygens (including phenoxy) is 4. The number of fused-ring (bicyclic) bond motifs is 2. The number of aromatic nitrogens is 2. The van der Waals surface area contributed by atoms with Gasteiger partial charge < -0.3 is 24.3 Å². The summed E-state index contributed by atoms with van der Waals surface area (Å²) >= 11 is 0. The molecule has 0 spiro atoms. The van der Waals surface area contributed by atoms with E-state index in [0.29, 0.717) is 36.9 Å². The van der Waals surface area contributed by atoms with Crippen LogP contribution in [0.1, 0.15) is 29.0 Å². The molecule has 0 unspecified atom stereocenters. The number of hydrogen-bond donors (Lipinski definition) is 1. The average Bonchev–Trinajstić information content (AvgIpc) is 3.44. The first-order chi connectivity index (χ1) is 15.7. The standard InChI is InChI=1S/C24H23N3O5/c1-3-8-30-19-7-5-16(10-21(19)29-2)17-11-23(28)26-24-18(17)12-25-27(24)13-15-4-6-20-22(9-15)32-14-31-20/h3-7,9-10,12,17H,1,8,11,13-14H2,2H3,(H,26,28)/t17-/m1/s1. The monoisotopic (exact) mass is 433 g/mol. The minimum atomic E-state index is -0.133. The maximum absolute atomic E-state index is 12.6. The fraction of sp³-hybridized carbons (Fsp3) is 0.250. The van der Waals surface area contributed by atoms with Crippen LogP contribution in [0.25, 0.3) is 0 Å². The number of nitrogens with zero attached hydrogens (tertiary/aromatic N) is 2. The second kappa shape index (κ2) is 8.30. The largest absolute Gasteiger partial charge is 0.493 e. The Bertz CT molecular complexity index is 1190. The molecule has 2 aromatic carbocycles. The number of methoxy groups -OCH3 is 1. The van der Waals surface area contributed by atoms with Crippen LogP contribution < -0.4 is 24.3 Å². The highest BCUT2D eigenvalue weighted by Crippen LogP contribution is 2.40. The molecular weight excluding hydrogens is 410 g/mol. The molecule has 0 bridgehead atoms. The molecule has 32 heavy (non-hydrogen) atoms. The minimum absolute atomic E-state index is 0.0547. The van der Waals surface area contributed by atoms with Crippen molar-refractivity contribution in [2.75, 3.05) is 25.8 Å². The number of carbonyl (C=O) groups excluding carboxylic acids is 1. The van der Waals surface area contributed by atoms with Crippen molar-refractivity contribution in [3.8, 4) is 23.0 Å². The van der Waals surface area contributed by atoms with E-state index in [1.165, 1.54) is 0 Å². The summed E-state index contributed by atoms with van der Waals surface area (Å²) < 4.78 is 23.8. The summed E-state index contributed by atoms with van der Waals surface area (Å²) in [5.74, 6) is 3.22. The predicted molar refractivity (Wildman–Crippen MR) is 118 cm³/mol. The van der Waals surface area contributed by atoms with E-state index in [1.54, 1.807) is 17.9 Å². The number of hydrogen-bond acceptors (Lipinski definition) is 6. The smallest absolute Gasteiger partial charge is 0.231 e. The molecule has 1 N–H and O–H groups in total. The summed E-state index contributed by atoms with van der Waals surface area (Å²) in [4.78, 5) is 12.6. The van der Waals surface area contributed by atoms with Crippen LogP contribution in [-0.4, -0.2) is 36.2 Å². The normalized spacial score (nSPS) is 16.3. The fourth-order valence-electron chi connectivity index (χ4n) is 4.07. The number of benzene rings is 2. The molecule has 3 aromatic rings. The second-order valence-corrected chi connectivity index (χ2v) is 7.61. The number of anilines is 1. The Morgan fingerprint density at radius 3 is 2.94 bits per heavy atom. The van der Waals surface area contributed by atoms with Crippen molar-refractivity contribution < 1.29 is 23.7 Å². The summed E-state index contributed by atoms with van der Waals surface area (Å²) in [5, 5.41) is 7.55. The van der Waals surface area contributed by atoms with Gasteiger partial charge in [0, 0.05) is 17.9 Å². The summed E-state index contributed by atoms with van der Waals surface area (Å²) in [6, 6.07) is 11.5. The van der Waals surface area contributed by atoms with Crippen molar-refractivity contribution >= 4 is 11.7 Å². The third-order valence-corrected chi connectivity index (χ3v) is 5.61. The SMILES string of the molecule is C=CCOc1ccc([C@H]2CC(=O)Nc3c2cnn3Cc2ccc3c(c2)OCO3)cc1OC. The molecule has 1 amide bonds. The van der Waals surface area contributed by atoms with Crippen LogP contribution in [0.3, 0.4) is 0 Å². The van der Waals surface area contributed by atoms with Gasteiger partial charge >= 0.3 is 0 Å². The van der Waals surface area contributed by atoms with E-state index in [2.05, 4.69) is 17.0 Å². The lowest BCUT2D eigenvalue weighted by atomic mass is 9.87. The number of carbonyl (C=O) groups is 1. The quantitative estimate of drug-likeness (QED) is 0.572. The van der Waals surface area contributed by atoms with Crippen LogP contribution in [0.4, 0.5) is 5.82 Å². The van der Waals surface area contributed by atoms with E-state index < -0.39 is 0 Å². The van der Waals surface area contributed by atoms with Gasteiger partial charge in [0.25, 0.3) is 0 Å². The molecule has 0 saturated heterocycles. The zero-order chi connectivity index (χ0) is 22.1. The minimum Gasteiger partial charge on any atom is -0.493 e. The first-order valence-electron chi connectivity index (χ1n) is 10.3. The van der Waals surface area contributed by atoms with Crippen molar-refractivity contribution in [1.29, 1.82) is 0 Å². The van der Waals surface area contributed by atoms with Gasteiger partial charge in [-0.15, -0.1) is 0 Å². The van der Waals surface area contributed by atoms with Gasteiger partial charge in [-0.05, 0) is 35.4 Å². The lowest BCUT2D eigenvalue weighted by Gasteiger charge is -2.24. The highest BCUT2D eigenvalue weighted by molar-refractivity contribution is 5.94. The van der Waals surface area contributed by atoms with Gasteiger partial charge in [-0.25, -0.2) is 4.68 Å². The van der Waals surface area contributed by atoms with Gasteiger partial charge in [0.05, 0.1) is 19.9 Å². The predicted octanol–water partition coefficient (Wildman–Crippen LogP) is 3.71. The van der Waals surface area contributed by atoms with Crippen LogP contribution in [0, 0.1) is 0 Å². The fourth-order valence-corrected chi connectivity index (χ4v) is 4.07. The summed E-state index contributed by atoms with van der Waals surface area (Å²) in [6.07, 6.45) is 3.83. The molecule has 2 aliphatic rings. The number of nitrogens with one attached hydrogen (secondary N) is 1. The molecule has 1 atom stereocenters. The highest BCUT2D eigenvalue weighted by Gasteiger charge is 2.30. The number of amides is 1. The maximum Gasteiger partial charge on any atom is 0.231 e. The van der Waals surface area contributed by atoms with Gasteiger partial charge in [0.1, 0.15) is 12.4 Å². The van der Waals surface area contributed by atoms with E-state index >= 15 is 0 Å². The molecule has 3 heterocycles. The highest BCUT2D eigenvalue weighted by atomic mass is 16.7. The average molecular weight is 433 g/mol. The van der Waals surface area contributed by atoms with E-state index in [4.69, 9.17) is 18.9 Å². The molecule has 0 aliphatic carbocycles. The Labute approximate surface area is 185 Å². The third kappa shape index (κ3) is 3.64. The van der Waals surface area contributed by atoms with Crippen LogP contribution >= 0.6 is 0 Å². The van der Waals surface area contributed by atoms with Crippen LogP contribution in [0.15, 0.2) is 55.3 Å². The molecule has 2 aliphatic heterocycles. The molecule has 0 fully saturated rings.